The SMILES string of the molecule is C=C(C)C(=O)OCC(O)CN(Cc1cccc(CN(CC(O)COC)CC(O)COC(=O)C(=C)C)c1)CC(O)COC. The molecule has 0 amide bonds. The Morgan fingerprint density at radius 1 is 0.690 bits per heavy atom. The number of hydrogen-bond acceptors (Lipinski definition) is 12. The van der Waals surface area contributed by atoms with Crippen LogP contribution in [0.3, 0.4) is 0 Å². The van der Waals surface area contributed by atoms with Gasteiger partial charge in [0.05, 0.1) is 25.4 Å². The fraction of sp³-hybridized carbons (Fsp3) is 0.600. The Bertz CT molecular complexity index is 915. The van der Waals surface area contributed by atoms with Gasteiger partial charge in [0.25, 0.3) is 0 Å². The van der Waals surface area contributed by atoms with E-state index in [1.54, 1.807) is 0 Å². The van der Waals surface area contributed by atoms with Crippen molar-refractivity contribution in [1.29, 1.82) is 0 Å². The molecule has 4 unspecified atom stereocenters. The summed E-state index contributed by atoms with van der Waals surface area (Å²) in [5.74, 6) is -1.18. The fourth-order valence-electron chi connectivity index (χ4n) is 4.13. The smallest absolute Gasteiger partial charge is 0.333 e. The van der Waals surface area contributed by atoms with Crippen LogP contribution in [0.4, 0.5) is 0 Å². The van der Waals surface area contributed by atoms with Crippen molar-refractivity contribution in [2.75, 3.05) is 66.8 Å². The van der Waals surface area contributed by atoms with E-state index in [0.717, 1.165) is 11.1 Å². The third-order valence-corrected chi connectivity index (χ3v) is 5.91. The van der Waals surface area contributed by atoms with Gasteiger partial charge in [0.15, 0.2) is 0 Å². The highest BCUT2D eigenvalue weighted by atomic mass is 16.5. The van der Waals surface area contributed by atoms with Crippen molar-refractivity contribution in [3.8, 4) is 0 Å². The predicted molar refractivity (Wildman–Crippen MR) is 156 cm³/mol. The average molecular weight is 597 g/mol. The Balaban J connectivity index is 2.99. The first-order valence-electron chi connectivity index (χ1n) is 13.7. The van der Waals surface area contributed by atoms with E-state index in [9.17, 15) is 30.0 Å². The summed E-state index contributed by atoms with van der Waals surface area (Å²) in [7, 11) is 2.97. The lowest BCUT2D eigenvalue weighted by Gasteiger charge is -2.28. The summed E-state index contributed by atoms with van der Waals surface area (Å²) in [5.41, 5.74) is 2.24. The molecule has 0 heterocycles. The van der Waals surface area contributed by atoms with Gasteiger partial charge in [-0.1, -0.05) is 37.4 Å². The summed E-state index contributed by atoms with van der Waals surface area (Å²) < 4.78 is 20.2. The highest BCUT2D eigenvalue weighted by Crippen LogP contribution is 2.14. The first kappa shape index (κ1) is 37.3. The molecule has 12 nitrogen and oxygen atoms in total. The second-order valence-electron chi connectivity index (χ2n) is 10.5. The zero-order valence-electron chi connectivity index (χ0n) is 25.2. The lowest BCUT2D eigenvalue weighted by molar-refractivity contribution is -0.143. The van der Waals surface area contributed by atoms with Crippen molar-refractivity contribution >= 4 is 11.9 Å². The van der Waals surface area contributed by atoms with Gasteiger partial charge >= 0.3 is 11.9 Å². The van der Waals surface area contributed by atoms with Gasteiger partial charge in [-0.15, -0.1) is 0 Å². The van der Waals surface area contributed by atoms with E-state index >= 15 is 0 Å². The van der Waals surface area contributed by atoms with Crippen molar-refractivity contribution in [3.05, 3.63) is 59.7 Å². The molecule has 0 spiro atoms. The normalized spacial score (nSPS) is 14.3. The number of rotatable bonds is 22. The molecule has 0 bridgehead atoms. The molecule has 1 rings (SSSR count). The number of nitrogens with zero attached hydrogens (tertiary/aromatic N) is 2. The Hall–Kier alpha value is -2.68. The molecule has 238 valence electrons. The van der Waals surface area contributed by atoms with Crippen molar-refractivity contribution in [2.24, 2.45) is 0 Å². The van der Waals surface area contributed by atoms with Crippen LogP contribution in [0, 0.1) is 0 Å². The molecule has 1 aromatic rings. The summed E-state index contributed by atoms with van der Waals surface area (Å²) in [6, 6.07) is 7.63. The summed E-state index contributed by atoms with van der Waals surface area (Å²) in [6.45, 7) is 11.3. The summed E-state index contributed by atoms with van der Waals surface area (Å²) in [4.78, 5) is 27.1. The van der Waals surface area contributed by atoms with Crippen LogP contribution in [-0.4, -0.2) is 133 Å². The van der Waals surface area contributed by atoms with Gasteiger partial charge in [-0.2, -0.15) is 0 Å². The van der Waals surface area contributed by atoms with Crippen molar-refractivity contribution < 1.29 is 49.0 Å². The highest BCUT2D eigenvalue weighted by molar-refractivity contribution is 5.87. The van der Waals surface area contributed by atoms with E-state index in [2.05, 4.69) is 13.2 Å². The lowest BCUT2D eigenvalue weighted by atomic mass is 10.1. The zero-order chi connectivity index (χ0) is 31.7. The maximum absolute atomic E-state index is 11.7. The van der Waals surface area contributed by atoms with E-state index in [0.29, 0.717) is 13.1 Å². The van der Waals surface area contributed by atoms with Crippen LogP contribution in [0.2, 0.25) is 0 Å². The number of aliphatic hydroxyl groups is 4. The second kappa shape index (κ2) is 20.3. The van der Waals surface area contributed by atoms with Gasteiger partial charge in [0.2, 0.25) is 0 Å². The van der Waals surface area contributed by atoms with E-state index in [1.807, 2.05) is 34.1 Å². The van der Waals surface area contributed by atoms with Crippen LogP contribution in [0.25, 0.3) is 0 Å². The van der Waals surface area contributed by atoms with Crippen molar-refractivity contribution in [1.82, 2.24) is 9.80 Å². The maximum atomic E-state index is 11.7. The fourth-order valence-corrected chi connectivity index (χ4v) is 4.13. The first-order chi connectivity index (χ1) is 19.8. The van der Waals surface area contributed by atoms with Gasteiger partial charge in [-0.3, -0.25) is 9.80 Å². The Kier molecular flexibility index (Phi) is 18.0. The Morgan fingerprint density at radius 3 is 1.33 bits per heavy atom. The molecule has 0 aromatic heterocycles. The monoisotopic (exact) mass is 596 g/mol. The summed E-state index contributed by atoms with van der Waals surface area (Å²) in [5, 5.41) is 41.7. The largest absolute Gasteiger partial charge is 0.460 e. The minimum Gasteiger partial charge on any atom is -0.460 e. The molecule has 4 atom stereocenters. The van der Waals surface area contributed by atoms with E-state index in [4.69, 9.17) is 18.9 Å². The van der Waals surface area contributed by atoms with Crippen LogP contribution in [0.15, 0.2) is 48.6 Å². The van der Waals surface area contributed by atoms with E-state index in [-0.39, 0.29) is 63.8 Å². The molecule has 0 saturated heterocycles. The topological polar surface area (TPSA) is 158 Å². The summed E-state index contributed by atoms with van der Waals surface area (Å²) >= 11 is 0. The van der Waals surface area contributed by atoms with Crippen molar-refractivity contribution in [2.45, 2.75) is 51.4 Å². The third kappa shape index (κ3) is 16.1. The molecule has 0 aliphatic heterocycles. The minimum absolute atomic E-state index is 0.111. The zero-order valence-corrected chi connectivity index (χ0v) is 25.2. The molecule has 0 aliphatic rings. The molecular weight excluding hydrogens is 548 g/mol. The number of benzene rings is 1. The van der Waals surface area contributed by atoms with Crippen LogP contribution >= 0.6 is 0 Å². The highest BCUT2D eigenvalue weighted by Gasteiger charge is 2.20. The van der Waals surface area contributed by atoms with Crippen LogP contribution in [-0.2, 0) is 41.6 Å². The number of methoxy groups -OCH3 is 2. The van der Waals surface area contributed by atoms with E-state index in [1.165, 1.54) is 28.1 Å². The number of aliphatic hydroxyl groups excluding tert-OH is 4. The molecule has 12 heteroatoms. The number of hydrogen-bond donors (Lipinski definition) is 4. The Morgan fingerprint density at radius 2 is 1.02 bits per heavy atom. The molecule has 0 radical (unpaired) electrons. The molecule has 42 heavy (non-hydrogen) atoms. The predicted octanol–water partition coefficient (Wildman–Crippen LogP) is 0.266. The van der Waals surface area contributed by atoms with Gasteiger partial charge in [0, 0.05) is 64.6 Å². The average Bonchev–Trinajstić information content (AvgIpc) is 2.90. The molecule has 0 saturated carbocycles. The van der Waals surface area contributed by atoms with E-state index < -0.39 is 36.4 Å². The standard InChI is InChI=1S/C30H48N2O10/c1-21(2)29(37)41-19-27(35)15-31(13-25(33)17-39-5)11-23-8-7-9-24(10-23)12-32(14-26(34)18-40-6)16-28(36)20-42-30(38)22(3)4/h7-10,25-28,33-36H,1,3,11-20H2,2,4-6H3. The van der Waals surface area contributed by atoms with Crippen LogP contribution in [0.1, 0.15) is 25.0 Å². The molecule has 0 aliphatic carbocycles. The minimum atomic E-state index is -0.996. The number of carbonyl (C=O) groups excluding carboxylic acids is 2. The van der Waals surface area contributed by atoms with Crippen molar-refractivity contribution in [3.63, 3.8) is 0 Å². The number of carbonyl (C=O) groups is 2. The molecule has 0 fully saturated rings. The molecular formula is C30H48N2O10. The van der Waals surface area contributed by atoms with Crippen LogP contribution in [0.5, 0.6) is 0 Å². The maximum Gasteiger partial charge on any atom is 0.333 e. The first-order valence-corrected chi connectivity index (χ1v) is 13.7. The third-order valence-electron chi connectivity index (χ3n) is 5.91. The molecule has 4 N–H and O–H groups in total. The summed E-state index contributed by atoms with van der Waals surface area (Å²) in [6.07, 6.45) is -3.60. The number of esters is 2. The van der Waals surface area contributed by atoms with Gasteiger partial charge in [0.1, 0.15) is 25.4 Å². The van der Waals surface area contributed by atoms with Crippen LogP contribution < -0.4 is 0 Å². The Labute approximate surface area is 248 Å². The van der Waals surface area contributed by atoms with Gasteiger partial charge in [-0.25, -0.2) is 9.59 Å². The quantitative estimate of drug-likeness (QED) is 0.107. The number of ether oxygens (including phenoxy) is 4. The van der Waals surface area contributed by atoms with Gasteiger partial charge < -0.3 is 39.4 Å². The lowest BCUT2D eigenvalue weighted by Crippen LogP contribution is -2.41. The second-order valence-corrected chi connectivity index (χ2v) is 10.5. The molecule has 1 aromatic carbocycles. The van der Waals surface area contributed by atoms with Gasteiger partial charge in [-0.05, 0) is 25.0 Å².